The molecule has 0 fully saturated rings. The van der Waals surface area contributed by atoms with Crippen molar-refractivity contribution in [3.8, 4) is 11.5 Å². The third-order valence-electron chi connectivity index (χ3n) is 2.08. The molecule has 0 saturated carbocycles. The predicted molar refractivity (Wildman–Crippen MR) is 67.0 cm³/mol. The molecule has 0 atom stereocenters. The molecule has 0 radical (unpaired) electrons. The zero-order valence-corrected chi connectivity index (χ0v) is 10.1. The normalized spacial score (nSPS) is 10.5. The van der Waals surface area contributed by atoms with Crippen molar-refractivity contribution in [1.82, 2.24) is 5.32 Å². The van der Waals surface area contributed by atoms with Crippen molar-refractivity contribution in [3.63, 3.8) is 0 Å². The number of rotatable bonds is 5. The number of carbonyl (C=O) groups is 1. The van der Waals surface area contributed by atoms with E-state index in [2.05, 4.69) is 5.32 Å². The Labute approximate surface area is 101 Å². The zero-order valence-electron chi connectivity index (χ0n) is 10.1. The van der Waals surface area contributed by atoms with Crippen molar-refractivity contribution in [2.75, 3.05) is 13.2 Å². The molecule has 0 spiro atoms. The van der Waals surface area contributed by atoms with Crippen LogP contribution in [0.3, 0.4) is 0 Å². The van der Waals surface area contributed by atoms with E-state index in [0.29, 0.717) is 24.5 Å². The Morgan fingerprint density at radius 1 is 1.47 bits per heavy atom. The van der Waals surface area contributed by atoms with Crippen LogP contribution in [0.15, 0.2) is 24.3 Å². The summed E-state index contributed by atoms with van der Waals surface area (Å²) in [5.74, 6) is 0.525. The van der Waals surface area contributed by atoms with Crippen molar-refractivity contribution in [2.45, 2.75) is 13.8 Å². The molecule has 1 amide bonds. The number of hydrogen-bond donors (Lipinski definition) is 2. The molecule has 0 aliphatic carbocycles. The largest absolute Gasteiger partial charge is 0.507 e. The summed E-state index contributed by atoms with van der Waals surface area (Å²) < 4.78 is 5.24. The van der Waals surface area contributed by atoms with Gasteiger partial charge in [0.2, 0.25) is 5.91 Å². The highest BCUT2D eigenvalue weighted by molar-refractivity contribution is 5.92. The number of aromatic hydroxyl groups is 1. The van der Waals surface area contributed by atoms with E-state index in [1.807, 2.05) is 13.8 Å². The highest BCUT2D eigenvalue weighted by Gasteiger charge is 2.01. The average Bonchev–Trinajstić information content (AvgIpc) is 2.29. The van der Waals surface area contributed by atoms with E-state index >= 15 is 0 Å². The Balaban J connectivity index is 2.75. The van der Waals surface area contributed by atoms with Gasteiger partial charge in [0.15, 0.2) is 0 Å². The number of benzene rings is 1. The fourth-order valence-electron chi connectivity index (χ4n) is 1.32. The van der Waals surface area contributed by atoms with Crippen LogP contribution in [0, 0.1) is 0 Å². The highest BCUT2D eigenvalue weighted by Crippen LogP contribution is 2.24. The Morgan fingerprint density at radius 3 is 2.82 bits per heavy atom. The van der Waals surface area contributed by atoms with Crippen LogP contribution < -0.4 is 10.1 Å². The smallest absolute Gasteiger partial charge is 0.243 e. The number of phenols is 1. The van der Waals surface area contributed by atoms with Gasteiger partial charge >= 0.3 is 0 Å². The Hall–Kier alpha value is -1.97. The van der Waals surface area contributed by atoms with Gasteiger partial charge in [0.25, 0.3) is 0 Å². The summed E-state index contributed by atoms with van der Waals surface area (Å²) in [7, 11) is 0. The Bertz CT molecular complexity index is 413. The quantitative estimate of drug-likeness (QED) is 0.767. The number of phenolic OH excluding ortho intramolecular Hbond substituents is 1. The fraction of sp³-hybridized carbons (Fsp3) is 0.308. The number of ether oxygens (including phenoxy) is 1. The minimum Gasteiger partial charge on any atom is -0.507 e. The number of amides is 1. The summed E-state index contributed by atoms with van der Waals surface area (Å²) in [6.07, 6.45) is 2.95. The number of nitrogens with one attached hydrogen (secondary N) is 1. The molecule has 0 heterocycles. The van der Waals surface area contributed by atoms with Crippen molar-refractivity contribution in [2.24, 2.45) is 0 Å². The molecule has 4 nitrogen and oxygen atoms in total. The van der Waals surface area contributed by atoms with E-state index in [9.17, 15) is 9.90 Å². The van der Waals surface area contributed by atoms with Crippen LogP contribution in [0.1, 0.15) is 19.4 Å². The minimum atomic E-state index is -0.180. The van der Waals surface area contributed by atoms with Crippen LogP contribution in [0.4, 0.5) is 0 Å². The molecule has 4 heteroatoms. The first-order valence-corrected chi connectivity index (χ1v) is 5.59. The van der Waals surface area contributed by atoms with Crippen LogP contribution in [0.2, 0.25) is 0 Å². The maximum atomic E-state index is 11.2. The maximum absolute atomic E-state index is 11.2. The van der Waals surface area contributed by atoms with Gasteiger partial charge in [-0.25, -0.2) is 0 Å². The summed E-state index contributed by atoms with van der Waals surface area (Å²) in [6, 6.07) is 4.98. The lowest BCUT2D eigenvalue weighted by atomic mass is 10.2. The molecule has 92 valence electrons. The molecular weight excluding hydrogens is 218 g/mol. The second-order valence-electron chi connectivity index (χ2n) is 3.38. The highest BCUT2D eigenvalue weighted by atomic mass is 16.5. The first kappa shape index (κ1) is 13.1. The summed E-state index contributed by atoms with van der Waals surface area (Å²) in [6.45, 7) is 4.85. The van der Waals surface area contributed by atoms with Crippen molar-refractivity contribution >= 4 is 12.0 Å². The van der Waals surface area contributed by atoms with Crippen LogP contribution in [0.25, 0.3) is 6.08 Å². The van der Waals surface area contributed by atoms with Gasteiger partial charge in [0, 0.05) is 24.3 Å². The van der Waals surface area contributed by atoms with E-state index in [1.165, 1.54) is 12.1 Å². The lowest BCUT2D eigenvalue weighted by Gasteiger charge is -2.05. The molecule has 0 saturated heterocycles. The van der Waals surface area contributed by atoms with Gasteiger partial charge in [0.1, 0.15) is 11.5 Å². The van der Waals surface area contributed by atoms with E-state index in [-0.39, 0.29) is 11.7 Å². The van der Waals surface area contributed by atoms with Gasteiger partial charge in [-0.15, -0.1) is 0 Å². The van der Waals surface area contributed by atoms with Gasteiger partial charge in [0.05, 0.1) is 6.61 Å². The summed E-state index contributed by atoms with van der Waals surface area (Å²) in [5.41, 5.74) is 0.583. The zero-order chi connectivity index (χ0) is 12.7. The molecule has 1 aromatic carbocycles. The van der Waals surface area contributed by atoms with Crippen LogP contribution >= 0.6 is 0 Å². The number of likely N-dealkylation sites (N-methyl/N-ethyl adjacent to an activating group) is 1. The molecule has 2 N–H and O–H groups in total. The van der Waals surface area contributed by atoms with Gasteiger partial charge in [-0.3, -0.25) is 4.79 Å². The van der Waals surface area contributed by atoms with Gasteiger partial charge in [-0.2, -0.15) is 0 Å². The molecule has 1 rings (SSSR count). The maximum Gasteiger partial charge on any atom is 0.243 e. The van der Waals surface area contributed by atoms with Crippen molar-refractivity contribution in [3.05, 3.63) is 29.8 Å². The summed E-state index contributed by atoms with van der Waals surface area (Å²) in [5, 5.41) is 12.3. The van der Waals surface area contributed by atoms with Gasteiger partial charge in [-0.05, 0) is 32.1 Å². The Kier molecular flexibility index (Phi) is 5.07. The third-order valence-corrected chi connectivity index (χ3v) is 2.08. The van der Waals surface area contributed by atoms with E-state index in [4.69, 9.17) is 4.74 Å². The molecule has 0 aliphatic rings. The van der Waals surface area contributed by atoms with Gasteiger partial charge in [-0.1, -0.05) is 0 Å². The van der Waals surface area contributed by atoms with Crippen molar-refractivity contribution < 1.29 is 14.6 Å². The van der Waals surface area contributed by atoms with E-state index in [0.717, 1.165) is 0 Å². The Morgan fingerprint density at radius 2 is 2.24 bits per heavy atom. The lowest BCUT2D eigenvalue weighted by Crippen LogP contribution is -2.19. The number of carbonyl (C=O) groups excluding carboxylic acids is 1. The minimum absolute atomic E-state index is 0.0940. The standard InChI is InChI=1S/C13H17NO3/c1-3-14-13(16)8-6-10-5-7-11(17-4-2)9-12(10)15/h5-9,15H,3-4H2,1-2H3,(H,14,16)/b8-6+. The molecule has 0 unspecified atom stereocenters. The van der Waals surface area contributed by atoms with E-state index in [1.54, 1.807) is 18.2 Å². The number of hydrogen-bond acceptors (Lipinski definition) is 3. The molecular formula is C13H17NO3. The third kappa shape index (κ3) is 4.18. The summed E-state index contributed by atoms with van der Waals surface area (Å²) in [4.78, 5) is 11.2. The van der Waals surface area contributed by atoms with E-state index < -0.39 is 0 Å². The molecule has 0 bridgehead atoms. The SMILES string of the molecule is CCNC(=O)/C=C/c1ccc(OCC)cc1O. The lowest BCUT2D eigenvalue weighted by molar-refractivity contribution is -0.116. The van der Waals surface area contributed by atoms with Crippen molar-refractivity contribution in [1.29, 1.82) is 0 Å². The van der Waals surface area contributed by atoms with Gasteiger partial charge < -0.3 is 15.2 Å². The first-order valence-electron chi connectivity index (χ1n) is 5.59. The monoisotopic (exact) mass is 235 g/mol. The first-order chi connectivity index (χ1) is 8.17. The topological polar surface area (TPSA) is 58.6 Å². The average molecular weight is 235 g/mol. The predicted octanol–water partition coefficient (Wildman–Crippen LogP) is 1.94. The molecule has 17 heavy (non-hydrogen) atoms. The fourth-order valence-corrected chi connectivity index (χ4v) is 1.32. The summed E-state index contributed by atoms with van der Waals surface area (Å²) >= 11 is 0. The molecule has 0 aliphatic heterocycles. The van der Waals surface area contributed by atoms with Crippen LogP contribution in [-0.4, -0.2) is 24.2 Å². The molecule has 0 aromatic heterocycles. The van der Waals surface area contributed by atoms with Crippen LogP contribution in [0.5, 0.6) is 11.5 Å². The second kappa shape index (κ2) is 6.58. The second-order valence-corrected chi connectivity index (χ2v) is 3.38. The van der Waals surface area contributed by atoms with Crippen LogP contribution in [-0.2, 0) is 4.79 Å². The molecule has 1 aromatic rings.